The van der Waals surface area contributed by atoms with E-state index in [0.717, 1.165) is 11.6 Å². The minimum Gasteiger partial charge on any atom is -0.479 e. The topological polar surface area (TPSA) is 844 Å². The second-order valence-electron chi connectivity index (χ2n) is 23.2. The van der Waals surface area contributed by atoms with Gasteiger partial charge in [-0.1, -0.05) is 0 Å². The van der Waals surface area contributed by atoms with E-state index in [2.05, 4.69) is 20.9 Å². The lowest BCUT2D eigenvalue weighted by atomic mass is 9.94. The van der Waals surface area contributed by atoms with Crippen LogP contribution < -0.4 is 14.8 Å². The Bertz CT molecular complexity index is 3920. The summed E-state index contributed by atoms with van der Waals surface area (Å²) in [4.78, 5) is 50.7. The molecule has 20 N–H and O–H groups in total. The van der Waals surface area contributed by atoms with E-state index >= 15 is 0 Å². The Hall–Kier alpha value is -4.21. The number of carbonyl (C=O) groups is 4. The first-order chi connectivity index (χ1) is 47.2. The molecule has 5 saturated heterocycles. The molecule has 6 rings (SSSR count). The van der Waals surface area contributed by atoms with Gasteiger partial charge in [-0.2, -0.15) is 68.4 Å². The highest BCUT2D eigenvalue weighted by atomic mass is 32.3. The molecule has 0 aliphatic carbocycles. The Labute approximate surface area is 584 Å². The maximum absolute atomic E-state index is 13.2. The summed E-state index contributed by atoms with van der Waals surface area (Å²) in [5.41, 5.74) is -1.46. The zero-order chi connectivity index (χ0) is 79.0. The van der Waals surface area contributed by atoms with Crippen LogP contribution in [0.4, 0.5) is 0 Å². The zero-order valence-electron chi connectivity index (χ0n) is 52.1. The van der Waals surface area contributed by atoms with Crippen molar-refractivity contribution in [2.75, 3.05) is 19.8 Å². The summed E-state index contributed by atoms with van der Waals surface area (Å²) in [7, 11) is -41.4. The van der Waals surface area contributed by atoms with Crippen molar-refractivity contribution in [3.8, 4) is 0 Å². The fourth-order valence-electron chi connectivity index (χ4n) is 10.5. The normalized spacial score (nSPS) is 38.1. The van der Waals surface area contributed by atoms with Gasteiger partial charge >= 0.3 is 90.5 Å². The molecule has 0 radical (unpaired) electrons. The molecule has 0 aromatic rings. The number of rotatable bonds is 32. The minimum absolute atomic E-state index is 0.471. The van der Waals surface area contributed by atoms with Gasteiger partial charge < -0.3 is 113 Å². The molecule has 0 aromatic carbocycles. The van der Waals surface area contributed by atoms with Crippen molar-refractivity contribution < 1.29 is 239 Å². The molecule has 6 aliphatic rings. The Balaban J connectivity index is 1.40. The predicted molar refractivity (Wildman–Crippen MR) is 306 cm³/mol. The molecule has 104 heavy (non-hydrogen) atoms. The van der Waals surface area contributed by atoms with Crippen LogP contribution in [0.1, 0.15) is 27.7 Å². The number of amides is 1. The van der Waals surface area contributed by atoms with E-state index in [1.54, 1.807) is 0 Å². The molecule has 6 heterocycles. The third kappa shape index (κ3) is 25.2. The van der Waals surface area contributed by atoms with E-state index in [4.69, 9.17) is 56.8 Å². The van der Waals surface area contributed by atoms with Gasteiger partial charge in [-0.3, -0.25) is 36.7 Å². The fourth-order valence-corrected chi connectivity index (χ4v) is 13.6. The van der Waals surface area contributed by atoms with Crippen LogP contribution in [0, 0.1) is 0 Å². The molecule has 0 unspecified atom stereocenters. The average Bonchev–Trinajstić information content (AvgIpc) is 0.766. The highest BCUT2D eigenvalue weighted by molar-refractivity contribution is 7.84. The highest BCUT2D eigenvalue weighted by Gasteiger charge is 2.62. The molecule has 55 nitrogen and oxygen atoms in total. The number of carbonyl (C=O) groups excluding carboxylic acids is 1. The SMILES string of the molecule is CC(=O)N[C@H]1[C@@H](O[C@H]2[C@H](O)[C@@H](O)[C@H](O[C@H]3[C@H](OS(=O)(=O)O)[C@@H](NS(=O)(=O)O)[C@@H](O[C@H]4[C@H](O)[C@@H](OS(=O)(=O)O)[C@H](O[C@H]5[C@H](O)[C@@H](NS(=O)(=O)O)[C@@H](OC(C)(C)C)O[C@@H]5COS(=O)(=O)O)O[C@H]4C(=O)O)O[C@@H]3COS(=O)(=O)O)O[C@@H]2C(=O)O)O[C@H](COS(=O)(=O)O)[C@@H](O[C@@H]2OC(C(=O)O)=C[C@H](O)[C@H]2O)[C@@H]1O. The van der Waals surface area contributed by atoms with Crippen molar-refractivity contribution in [2.45, 2.75) is 205 Å². The molecule has 6 aliphatic heterocycles. The van der Waals surface area contributed by atoms with Gasteiger partial charge in [0.2, 0.25) is 18.0 Å². The molecule has 0 bridgehead atoms. The molecule has 1 amide bonds. The van der Waals surface area contributed by atoms with Crippen LogP contribution in [-0.4, -0.2) is 363 Å². The summed E-state index contributed by atoms with van der Waals surface area (Å²) in [5.74, 6) is -9.08. The van der Waals surface area contributed by atoms with Crippen LogP contribution in [-0.2, 0) is 170 Å². The van der Waals surface area contributed by atoms with Crippen LogP contribution >= 0.6 is 0 Å². The first-order valence-electron chi connectivity index (χ1n) is 28.2. The lowest BCUT2D eigenvalue weighted by Gasteiger charge is -2.50. The number of carboxylic acid groups (broad SMARTS) is 3. The summed E-state index contributed by atoms with van der Waals surface area (Å²) >= 11 is 0. The summed E-state index contributed by atoms with van der Waals surface area (Å²) < 4.78 is 330. The minimum atomic E-state index is -6.39. The van der Waals surface area contributed by atoms with Crippen molar-refractivity contribution in [1.82, 2.24) is 14.8 Å². The standard InChI is InChI=1S/C42H67N3O52S7/c1-9(46)43-15-19(49)24(88-39-18(48)10(47)5-11(84-39)33(54)55)12(6-81-100(66,67)68)85-36(15)91-28-21(51)22(52)40(93-31(28)34(56)57)90-26-14(8-83-102(72,73)74)86-37(17(45-99(63,64)65)27(26)96-103(75,76)77)92-29-23(53)30(97-104(78,79)80)41(94-32(29)35(58)59)89-25-13(7-82-101(69,70)71)87-38(95-42(2,3)4)16(20(25)50)44-98(60,61)62/h5,10,12-32,36-41,44-45,47-53H,6-8H2,1-4H3,(H,43,46)(H,54,55)(H,56,57)(H,58,59)(H,60,61,62)(H,63,64,65)(H,66,67,68)(H,69,70,71)(H,72,73,74)(H,75,76,77)(H,78,79,80)/t10-,12+,13+,14+,15+,16+,17+,18+,19+,20+,21+,22+,23-,24+,25+,26+,27+,28-,29-,30+,31-,32+,36+,37+,38+,39-,40+,41+/m0/s1. The van der Waals surface area contributed by atoms with Gasteiger partial charge in [0, 0.05) is 6.92 Å². The van der Waals surface area contributed by atoms with Gasteiger partial charge in [0.05, 0.1) is 25.4 Å². The molecular formula is C42H67N3O52S7. The first-order valence-corrected chi connectivity index (χ1v) is 37.9. The number of aliphatic hydroxyl groups is 7. The largest absolute Gasteiger partial charge is 0.479 e. The van der Waals surface area contributed by atoms with Crippen molar-refractivity contribution in [2.24, 2.45) is 0 Å². The van der Waals surface area contributed by atoms with E-state index in [0.29, 0.717) is 6.08 Å². The summed E-state index contributed by atoms with van der Waals surface area (Å²) in [6, 6.07) is -7.94. The maximum atomic E-state index is 13.2. The molecule has 5 fully saturated rings. The van der Waals surface area contributed by atoms with Crippen LogP contribution in [0.25, 0.3) is 0 Å². The smallest absolute Gasteiger partial charge is 0.397 e. The molecule has 62 heteroatoms. The highest BCUT2D eigenvalue weighted by Crippen LogP contribution is 2.40. The number of carboxylic acids is 3. The Morgan fingerprint density at radius 2 is 0.808 bits per heavy atom. The monoisotopic (exact) mass is 1670 g/mol. The van der Waals surface area contributed by atoms with Crippen molar-refractivity contribution in [3.63, 3.8) is 0 Å². The number of hydrogen-bond acceptors (Lipinski definition) is 42. The van der Waals surface area contributed by atoms with Crippen molar-refractivity contribution >= 4 is 96.4 Å². The summed E-state index contributed by atoms with van der Waals surface area (Å²) in [5, 5.41) is 112. The first kappa shape index (κ1) is 88.7. The second kappa shape index (κ2) is 34.0. The van der Waals surface area contributed by atoms with Gasteiger partial charge in [-0.15, -0.1) is 0 Å². The van der Waals surface area contributed by atoms with Gasteiger partial charge in [0.1, 0.15) is 116 Å². The van der Waals surface area contributed by atoms with E-state index in [-0.39, 0.29) is 0 Å². The van der Waals surface area contributed by atoms with E-state index in [9.17, 15) is 161 Å². The fraction of sp³-hybridized carbons (Fsp3) is 0.857. The number of aliphatic hydroxyl groups excluding tert-OH is 7. The van der Waals surface area contributed by atoms with Crippen LogP contribution in [0.3, 0.4) is 0 Å². The second-order valence-corrected chi connectivity index (χ2v) is 31.0. The molecular weight excluding hydrogens is 1600 g/mol. The van der Waals surface area contributed by atoms with Crippen molar-refractivity contribution in [1.29, 1.82) is 0 Å². The van der Waals surface area contributed by atoms with E-state index in [1.165, 1.54) is 25.5 Å². The molecule has 0 spiro atoms. The Morgan fingerprint density at radius 1 is 0.423 bits per heavy atom. The molecule has 604 valence electrons. The number of nitrogens with one attached hydrogen (secondary N) is 3. The summed E-state index contributed by atoms with van der Waals surface area (Å²) in [6.45, 7) is -0.582. The van der Waals surface area contributed by atoms with Gasteiger partial charge in [-0.25, -0.2) is 35.3 Å². The zero-order valence-corrected chi connectivity index (χ0v) is 57.8. The van der Waals surface area contributed by atoms with Gasteiger partial charge in [0.15, 0.2) is 49.8 Å². The number of hydrogen-bond donors (Lipinski definition) is 20. The predicted octanol–water partition coefficient (Wildman–Crippen LogP) is -12.8. The van der Waals surface area contributed by atoms with Gasteiger partial charge in [-0.05, 0) is 26.8 Å². The molecule has 28 atom stereocenters. The van der Waals surface area contributed by atoms with E-state index in [1.807, 2.05) is 5.32 Å². The Morgan fingerprint density at radius 3 is 1.23 bits per heavy atom. The molecule has 0 aromatic heterocycles. The average molecular weight is 1670 g/mol. The van der Waals surface area contributed by atoms with Crippen LogP contribution in [0.5, 0.6) is 0 Å². The van der Waals surface area contributed by atoms with Crippen LogP contribution in [0.15, 0.2) is 11.8 Å². The number of aliphatic carboxylic acids is 3. The molecule has 0 saturated carbocycles. The quantitative estimate of drug-likeness (QED) is 0.0278. The lowest BCUT2D eigenvalue weighted by Crippen LogP contribution is -2.71. The maximum Gasteiger partial charge on any atom is 0.397 e. The Kier molecular flexibility index (Phi) is 29.0. The lowest BCUT2D eigenvalue weighted by molar-refractivity contribution is -0.375. The van der Waals surface area contributed by atoms with Crippen LogP contribution in [0.2, 0.25) is 0 Å². The van der Waals surface area contributed by atoms with E-state index < -0.39 is 299 Å². The number of ether oxygens (including phenoxy) is 12. The third-order valence-electron chi connectivity index (χ3n) is 14.4. The van der Waals surface area contributed by atoms with Gasteiger partial charge in [0.25, 0.3) is 0 Å². The third-order valence-corrected chi connectivity index (χ3v) is 17.8. The summed E-state index contributed by atoms with van der Waals surface area (Å²) in [6.07, 6.45) is -69.8. The van der Waals surface area contributed by atoms with Crippen molar-refractivity contribution in [3.05, 3.63) is 11.8 Å².